The maximum Gasteiger partial charge on any atom is 0.154 e. The molecule has 1 aliphatic rings. The molecule has 0 aliphatic carbocycles. The number of hydrogen-bond donors (Lipinski definition) is 1. The van der Waals surface area contributed by atoms with E-state index in [2.05, 4.69) is 5.32 Å². The molecule has 0 aromatic rings. The lowest BCUT2D eigenvalue weighted by atomic mass is 10.2. The summed E-state index contributed by atoms with van der Waals surface area (Å²) in [6.07, 6.45) is 7.80. The van der Waals surface area contributed by atoms with Gasteiger partial charge in [0.1, 0.15) is 0 Å². The molecule has 1 N–H and O–H groups in total. The van der Waals surface area contributed by atoms with Crippen molar-refractivity contribution in [2.45, 2.75) is 19.6 Å². The van der Waals surface area contributed by atoms with Crippen molar-refractivity contribution in [1.29, 1.82) is 0 Å². The first-order valence-corrected chi connectivity index (χ1v) is 3.53. The molecule has 0 aromatic carbocycles. The van der Waals surface area contributed by atoms with Gasteiger partial charge in [0.05, 0.1) is 0 Å². The topological polar surface area (TPSA) is 21.3 Å². The Morgan fingerprint density at radius 2 is 2.30 bits per heavy atom. The first-order chi connectivity index (χ1) is 4.77. The molecule has 0 fully saturated rings. The molecule has 0 bridgehead atoms. The normalized spacial score (nSPS) is 30.2. The molecule has 1 heterocycles. The molecule has 0 saturated heterocycles. The second kappa shape index (κ2) is 2.88. The summed E-state index contributed by atoms with van der Waals surface area (Å²) in [7, 11) is 0. The van der Waals surface area contributed by atoms with Gasteiger partial charge >= 0.3 is 0 Å². The van der Waals surface area contributed by atoms with Crippen LogP contribution in [0.25, 0.3) is 0 Å². The zero-order valence-electron chi connectivity index (χ0n) is 6.42. The van der Waals surface area contributed by atoms with Crippen molar-refractivity contribution < 1.29 is 4.74 Å². The number of allylic oxidation sites excluding steroid dienone is 2. The molecule has 2 heteroatoms. The molecule has 0 saturated carbocycles. The second-order valence-corrected chi connectivity index (χ2v) is 2.40. The highest BCUT2D eigenvalue weighted by atomic mass is 16.5. The quantitative estimate of drug-likeness (QED) is 0.624. The van der Waals surface area contributed by atoms with Crippen molar-refractivity contribution in [2.24, 2.45) is 0 Å². The molecule has 1 unspecified atom stereocenters. The van der Waals surface area contributed by atoms with Gasteiger partial charge in [0.25, 0.3) is 0 Å². The average Bonchev–Trinajstić information content (AvgIpc) is 1.89. The highest BCUT2D eigenvalue weighted by Crippen LogP contribution is 2.10. The molecule has 0 radical (unpaired) electrons. The summed E-state index contributed by atoms with van der Waals surface area (Å²) in [6.45, 7) is 4.71. The van der Waals surface area contributed by atoms with E-state index in [1.807, 2.05) is 38.3 Å². The van der Waals surface area contributed by atoms with E-state index >= 15 is 0 Å². The molecule has 10 heavy (non-hydrogen) atoms. The molecule has 56 valence electrons. The minimum absolute atomic E-state index is 0.288. The van der Waals surface area contributed by atoms with Crippen molar-refractivity contribution in [2.75, 3.05) is 6.61 Å². The molecular weight excluding hydrogens is 126 g/mol. The Morgan fingerprint density at radius 1 is 1.50 bits per heavy atom. The zero-order chi connectivity index (χ0) is 7.45. The van der Waals surface area contributed by atoms with Crippen LogP contribution in [-0.2, 0) is 4.74 Å². The summed E-state index contributed by atoms with van der Waals surface area (Å²) in [4.78, 5) is 0. The van der Waals surface area contributed by atoms with Crippen molar-refractivity contribution in [3.05, 3.63) is 24.4 Å². The summed E-state index contributed by atoms with van der Waals surface area (Å²) in [5, 5.41) is 3.11. The van der Waals surface area contributed by atoms with Gasteiger partial charge in [0.2, 0.25) is 0 Å². The first-order valence-electron chi connectivity index (χ1n) is 3.53. The number of rotatable bonds is 2. The molecule has 0 aromatic heterocycles. The second-order valence-electron chi connectivity index (χ2n) is 2.40. The average molecular weight is 139 g/mol. The highest BCUT2D eigenvalue weighted by molar-refractivity contribution is 5.14. The minimum Gasteiger partial charge on any atom is -0.361 e. The maximum atomic E-state index is 5.42. The smallest absolute Gasteiger partial charge is 0.154 e. The summed E-state index contributed by atoms with van der Waals surface area (Å²) in [5.41, 5.74) is -0.288. The van der Waals surface area contributed by atoms with E-state index in [1.165, 1.54) is 0 Å². The molecule has 1 rings (SSSR count). The molecule has 1 aliphatic heterocycles. The van der Waals surface area contributed by atoms with Crippen LogP contribution in [0.1, 0.15) is 13.8 Å². The van der Waals surface area contributed by atoms with Crippen LogP contribution in [0.3, 0.4) is 0 Å². The Bertz CT molecular complexity index is 163. The minimum atomic E-state index is -0.288. The van der Waals surface area contributed by atoms with Crippen LogP contribution in [0.2, 0.25) is 0 Å². The van der Waals surface area contributed by atoms with Crippen LogP contribution >= 0.6 is 0 Å². The van der Waals surface area contributed by atoms with Crippen LogP contribution < -0.4 is 5.32 Å². The first kappa shape index (κ1) is 7.35. The molecule has 2 nitrogen and oxygen atoms in total. The van der Waals surface area contributed by atoms with Crippen molar-refractivity contribution in [3.8, 4) is 0 Å². The third kappa shape index (κ3) is 1.61. The number of dihydropyridines is 1. The molecule has 0 amide bonds. The fourth-order valence-corrected chi connectivity index (χ4v) is 0.946. The fourth-order valence-electron chi connectivity index (χ4n) is 0.946. The van der Waals surface area contributed by atoms with Crippen LogP contribution in [0.5, 0.6) is 0 Å². The Balaban J connectivity index is 2.52. The molecule has 0 spiro atoms. The van der Waals surface area contributed by atoms with E-state index in [4.69, 9.17) is 4.74 Å². The molecule has 1 atom stereocenters. The summed E-state index contributed by atoms with van der Waals surface area (Å²) in [6, 6.07) is 0. The van der Waals surface area contributed by atoms with E-state index in [0.29, 0.717) is 0 Å². The highest BCUT2D eigenvalue weighted by Gasteiger charge is 2.18. The van der Waals surface area contributed by atoms with Crippen LogP contribution in [-0.4, -0.2) is 12.3 Å². The van der Waals surface area contributed by atoms with Gasteiger partial charge in [-0.15, -0.1) is 0 Å². The lowest BCUT2D eigenvalue weighted by Gasteiger charge is -2.27. The number of nitrogens with one attached hydrogen (secondary N) is 1. The van der Waals surface area contributed by atoms with Crippen LogP contribution in [0, 0.1) is 0 Å². The molecular formula is C8H13NO. The number of hydrogen-bond acceptors (Lipinski definition) is 2. The Labute approximate surface area is 61.6 Å². The lowest BCUT2D eigenvalue weighted by molar-refractivity contribution is -0.00317. The van der Waals surface area contributed by atoms with Gasteiger partial charge in [-0.3, -0.25) is 0 Å². The monoisotopic (exact) mass is 139 g/mol. The van der Waals surface area contributed by atoms with Crippen molar-refractivity contribution in [3.63, 3.8) is 0 Å². The van der Waals surface area contributed by atoms with Gasteiger partial charge < -0.3 is 10.1 Å². The van der Waals surface area contributed by atoms with Gasteiger partial charge in [0.15, 0.2) is 5.72 Å². The van der Waals surface area contributed by atoms with Crippen LogP contribution in [0.4, 0.5) is 0 Å². The Morgan fingerprint density at radius 3 is 2.80 bits per heavy atom. The predicted octanol–water partition coefficient (Wildman–Crippen LogP) is 1.41. The van der Waals surface area contributed by atoms with Gasteiger partial charge in [-0.05, 0) is 32.2 Å². The number of ether oxygens (including phenoxy) is 1. The lowest BCUT2D eigenvalue weighted by Crippen LogP contribution is -2.40. The predicted molar refractivity (Wildman–Crippen MR) is 41.4 cm³/mol. The van der Waals surface area contributed by atoms with E-state index in [9.17, 15) is 0 Å². The third-order valence-electron chi connectivity index (χ3n) is 1.44. The van der Waals surface area contributed by atoms with Gasteiger partial charge in [-0.25, -0.2) is 0 Å². The van der Waals surface area contributed by atoms with E-state index in [0.717, 1.165) is 6.61 Å². The van der Waals surface area contributed by atoms with Gasteiger partial charge in [-0.1, -0.05) is 6.08 Å². The van der Waals surface area contributed by atoms with Crippen molar-refractivity contribution >= 4 is 0 Å². The maximum absolute atomic E-state index is 5.42. The Kier molecular flexibility index (Phi) is 2.12. The van der Waals surface area contributed by atoms with Gasteiger partial charge in [0, 0.05) is 6.61 Å². The van der Waals surface area contributed by atoms with Gasteiger partial charge in [-0.2, -0.15) is 0 Å². The van der Waals surface area contributed by atoms with E-state index in [1.54, 1.807) is 0 Å². The summed E-state index contributed by atoms with van der Waals surface area (Å²) < 4.78 is 5.42. The SMILES string of the molecule is CCOC1(C)C=CC=CN1. The van der Waals surface area contributed by atoms with Crippen LogP contribution in [0.15, 0.2) is 24.4 Å². The summed E-state index contributed by atoms with van der Waals surface area (Å²) in [5.74, 6) is 0. The zero-order valence-corrected chi connectivity index (χ0v) is 6.42. The van der Waals surface area contributed by atoms with Crippen molar-refractivity contribution in [1.82, 2.24) is 5.32 Å². The summed E-state index contributed by atoms with van der Waals surface area (Å²) >= 11 is 0. The fraction of sp³-hybridized carbons (Fsp3) is 0.500. The largest absolute Gasteiger partial charge is 0.361 e. The van der Waals surface area contributed by atoms with E-state index < -0.39 is 0 Å². The third-order valence-corrected chi connectivity index (χ3v) is 1.44. The van der Waals surface area contributed by atoms with E-state index in [-0.39, 0.29) is 5.72 Å². The standard InChI is InChI=1S/C8H13NO/c1-3-10-8(2)6-4-5-7-9-8/h4-7,9H,3H2,1-2H3. The Hall–Kier alpha value is -0.760.